The number of hydrogen-bond donors (Lipinski definition) is 0. The summed E-state index contributed by atoms with van der Waals surface area (Å²) < 4.78 is 0. The van der Waals surface area contributed by atoms with Crippen molar-refractivity contribution in [3.63, 3.8) is 0 Å². The van der Waals surface area contributed by atoms with Gasteiger partial charge in [-0.05, 0) is 0 Å². The minimum atomic E-state index is -0.822. The molecule has 1 rings (SSSR count). The smallest absolute Gasteiger partial charge is 0.0922 e. The number of rotatable bonds is 2. The van der Waals surface area contributed by atoms with Crippen LogP contribution in [0.1, 0.15) is 0 Å². The molecule has 0 aromatic carbocycles. The molecule has 0 nitrogen and oxygen atoms in total. The van der Waals surface area contributed by atoms with Crippen molar-refractivity contribution in [1.29, 1.82) is 0 Å². The zero-order valence-corrected chi connectivity index (χ0v) is 11.5. The summed E-state index contributed by atoms with van der Waals surface area (Å²) in [6, 6.07) is 0. The third-order valence-corrected chi connectivity index (χ3v) is 15.2. The summed E-state index contributed by atoms with van der Waals surface area (Å²) in [6.45, 7) is 14.9. The highest BCUT2D eigenvalue weighted by atomic mass is 28.4. The van der Waals surface area contributed by atoms with Gasteiger partial charge in [0, 0.05) is 0 Å². The van der Waals surface area contributed by atoms with Gasteiger partial charge in [0.1, 0.15) is 0 Å². The largest absolute Gasteiger partial charge is 0.0967 e. The van der Waals surface area contributed by atoms with E-state index in [0.717, 1.165) is 0 Å². The molecule has 62 valence electrons. The summed E-state index contributed by atoms with van der Waals surface area (Å²) in [6.07, 6.45) is 0. The Morgan fingerprint density at radius 3 is 1.18 bits per heavy atom. The summed E-state index contributed by atoms with van der Waals surface area (Å²) in [4.78, 5) is 3.97. The van der Waals surface area contributed by atoms with Crippen molar-refractivity contribution < 1.29 is 0 Å². The van der Waals surface area contributed by atoms with Gasteiger partial charge in [0.25, 0.3) is 0 Å². The molecule has 0 fully saturated rings. The van der Waals surface area contributed by atoms with Gasteiger partial charge in [0.15, 0.2) is 0 Å². The highest BCUT2D eigenvalue weighted by molar-refractivity contribution is 7.21. The Morgan fingerprint density at radius 1 is 0.818 bits per heavy atom. The fraction of sp³-hybridized carbons (Fsp3) is 0.750. The minimum Gasteiger partial charge on any atom is -0.0967 e. The van der Waals surface area contributed by atoms with E-state index in [1.165, 1.54) is 0 Å². The maximum atomic E-state index is 2.53. The Morgan fingerprint density at radius 2 is 1.09 bits per heavy atom. The number of hydrogen-bond acceptors (Lipinski definition) is 0. The van der Waals surface area contributed by atoms with Crippen molar-refractivity contribution >= 4 is 25.7 Å². The van der Waals surface area contributed by atoms with Crippen LogP contribution in [0, 0.1) is 0 Å². The molecule has 0 saturated carbocycles. The van der Waals surface area contributed by atoms with Crippen molar-refractivity contribution in [2.75, 3.05) is 0 Å². The van der Waals surface area contributed by atoms with E-state index in [0.29, 0.717) is 0 Å². The third kappa shape index (κ3) is 1.46. The molecule has 1 aliphatic rings. The van der Waals surface area contributed by atoms with Gasteiger partial charge in [0.05, 0.1) is 25.7 Å². The van der Waals surface area contributed by atoms with Crippen LogP contribution in [0.4, 0.5) is 0 Å². The minimum absolute atomic E-state index is 0.0731. The highest BCUT2D eigenvalue weighted by Gasteiger charge is 2.48. The lowest BCUT2D eigenvalue weighted by molar-refractivity contribution is 1.91. The average molecular weight is 198 g/mol. The second-order valence-corrected chi connectivity index (χ2v) is 14.6. The summed E-state index contributed by atoms with van der Waals surface area (Å²) >= 11 is 0. The molecule has 1 aliphatic heterocycles. The molecule has 0 spiro atoms. The second kappa shape index (κ2) is 2.71. The van der Waals surface area contributed by atoms with Gasteiger partial charge in [-0.2, -0.15) is 0 Å². The van der Waals surface area contributed by atoms with E-state index in [1.54, 1.807) is 0 Å². The monoisotopic (exact) mass is 198 g/mol. The maximum absolute atomic E-state index is 2.53. The Bertz CT molecular complexity index is 181. The van der Waals surface area contributed by atoms with Crippen LogP contribution >= 0.6 is 0 Å². The van der Waals surface area contributed by atoms with Crippen LogP contribution < -0.4 is 0 Å². The van der Waals surface area contributed by atoms with Gasteiger partial charge < -0.3 is 0 Å². The molecule has 0 amide bonds. The Labute approximate surface area is 74.9 Å². The molecular formula is C8H18Si3. The van der Waals surface area contributed by atoms with Gasteiger partial charge in [-0.15, -0.1) is 0 Å². The first-order valence-electron chi connectivity index (χ1n) is 4.25. The van der Waals surface area contributed by atoms with Crippen LogP contribution in [0.15, 0.2) is 9.64 Å². The highest BCUT2D eigenvalue weighted by Crippen LogP contribution is 2.44. The molecule has 0 bridgehead atoms. The molecule has 0 aromatic heterocycles. The average Bonchev–Trinajstić information content (AvgIpc) is 2.33. The normalized spacial score (nSPS) is 21.8. The SMILES string of the molecule is C[Si](C)C1=C([Si](C)C)[Si]1(C)C. The van der Waals surface area contributed by atoms with Crippen LogP contribution in [0.2, 0.25) is 39.3 Å². The molecule has 2 radical (unpaired) electrons. The van der Waals surface area contributed by atoms with E-state index in [4.69, 9.17) is 0 Å². The summed E-state index contributed by atoms with van der Waals surface area (Å²) in [5.74, 6) is 0. The molecular weight excluding hydrogens is 180 g/mol. The molecule has 11 heavy (non-hydrogen) atoms. The zero-order valence-electron chi connectivity index (χ0n) is 8.50. The van der Waals surface area contributed by atoms with Crippen LogP contribution in [-0.4, -0.2) is 25.7 Å². The molecule has 0 saturated heterocycles. The topological polar surface area (TPSA) is 0 Å². The van der Waals surface area contributed by atoms with E-state index in [-0.39, 0.29) is 17.6 Å². The van der Waals surface area contributed by atoms with Crippen LogP contribution in [0.3, 0.4) is 0 Å². The Kier molecular flexibility index (Phi) is 2.33. The molecule has 0 atom stereocenters. The first-order valence-corrected chi connectivity index (χ1v) is 12.2. The van der Waals surface area contributed by atoms with E-state index in [2.05, 4.69) is 39.3 Å². The van der Waals surface area contributed by atoms with Crippen molar-refractivity contribution in [2.24, 2.45) is 0 Å². The molecule has 0 unspecified atom stereocenters. The van der Waals surface area contributed by atoms with Crippen molar-refractivity contribution in [3.8, 4) is 0 Å². The first-order chi connectivity index (χ1) is 4.89. The van der Waals surface area contributed by atoms with E-state index in [9.17, 15) is 0 Å². The van der Waals surface area contributed by atoms with E-state index >= 15 is 0 Å². The Hall–Kier alpha value is 0.391. The third-order valence-electron chi connectivity index (χ3n) is 2.44. The van der Waals surface area contributed by atoms with E-state index in [1.807, 2.05) is 9.64 Å². The standard InChI is InChI=1S/C8H18Si3/c1-9(2)7-8(10(3)4)11(7,5)6/h1-6H3. The quantitative estimate of drug-likeness (QED) is 0.599. The second-order valence-electron chi connectivity index (χ2n) is 4.38. The van der Waals surface area contributed by atoms with E-state index < -0.39 is 8.07 Å². The van der Waals surface area contributed by atoms with Crippen LogP contribution in [0.25, 0.3) is 0 Å². The maximum Gasteiger partial charge on any atom is 0.0922 e. The fourth-order valence-electron chi connectivity index (χ4n) is 2.22. The van der Waals surface area contributed by atoms with Crippen LogP contribution in [-0.2, 0) is 0 Å². The fourth-order valence-corrected chi connectivity index (χ4v) is 20.5. The predicted molar refractivity (Wildman–Crippen MR) is 59.5 cm³/mol. The van der Waals surface area contributed by atoms with Crippen molar-refractivity contribution in [1.82, 2.24) is 0 Å². The summed E-state index contributed by atoms with van der Waals surface area (Å²) in [7, 11) is -0.968. The van der Waals surface area contributed by atoms with Crippen molar-refractivity contribution in [2.45, 2.75) is 39.3 Å². The van der Waals surface area contributed by atoms with Crippen molar-refractivity contribution in [3.05, 3.63) is 9.64 Å². The zero-order chi connectivity index (χ0) is 8.81. The lowest BCUT2D eigenvalue weighted by Gasteiger charge is -2.05. The van der Waals surface area contributed by atoms with Gasteiger partial charge in [-0.3, -0.25) is 0 Å². The summed E-state index contributed by atoms with van der Waals surface area (Å²) in [5.41, 5.74) is 0. The lowest BCUT2D eigenvalue weighted by Crippen LogP contribution is -2.19. The van der Waals surface area contributed by atoms with Gasteiger partial charge in [0.2, 0.25) is 0 Å². The lowest BCUT2D eigenvalue weighted by atomic mass is 11.2. The Balaban J connectivity index is 2.79. The molecule has 3 heteroatoms. The van der Waals surface area contributed by atoms with Gasteiger partial charge >= 0.3 is 0 Å². The predicted octanol–water partition coefficient (Wildman–Crippen LogP) is 2.67. The van der Waals surface area contributed by atoms with Crippen LogP contribution in [0.5, 0.6) is 0 Å². The van der Waals surface area contributed by atoms with Gasteiger partial charge in [-0.1, -0.05) is 48.9 Å². The molecule has 1 heterocycles. The molecule has 0 N–H and O–H groups in total. The molecule has 0 aliphatic carbocycles. The summed E-state index contributed by atoms with van der Waals surface area (Å²) in [5, 5.41) is 0. The molecule has 0 aromatic rings. The van der Waals surface area contributed by atoms with Gasteiger partial charge in [-0.25, -0.2) is 0 Å². The first kappa shape index (κ1) is 9.48.